The molecule has 1 unspecified atom stereocenters. The number of hydrogen-bond acceptors (Lipinski definition) is 6. The molecule has 1 aliphatic rings. The van der Waals surface area contributed by atoms with Gasteiger partial charge >= 0.3 is 12.0 Å². The van der Waals surface area contributed by atoms with E-state index in [1.807, 2.05) is 13.8 Å². The number of piperidine rings is 1. The Kier molecular flexibility index (Phi) is 8.68. The average Bonchev–Trinajstić information content (AvgIpc) is 3.27. The van der Waals surface area contributed by atoms with Crippen LogP contribution in [0.3, 0.4) is 0 Å². The first-order valence-corrected chi connectivity index (χ1v) is 12.3. The number of carbonyl (C=O) groups excluding carboxylic acids is 3. The maximum atomic E-state index is 13.0. The Bertz CT molecular complexity index is 979. The van der Waals surface area contributed by atoms with Crippen LogP contribution in [0.15, 0.2) is 29.6 Å². The Morgan fingerprint density at radius 1 is 1.30 bits per heavy atom. The summed E-state index contributed by atoms with van der Waals surface area (Å²) in [6.07, 6.45) is 1.47. The molecule has 10 heteroatoms. The number of aromatic nitrogens is 1. The summed E-state index contributed by atoms with van der Waals surface area (Å²) in [6, 6.07) is 6.56. The van der Waals surface area contributed by atoms with E-state index in [0.29, 0.717) is 41.1 Å². The van der Waals surface area contributed by atoms with Crippen LogP contribution < -0.4 is 5.32 Å². The second-order valence-electron chi connectivity index (χ2n) is 8.13. The minimum absolute atomic E-state index is 0.0761. The molecule has 33 heavy (non-hydrogen) atoms. The van der Waals surface area contributed by atoms with Crippen molar-refractivity contribution in [3.8, 4) is 0 Å². The number of halogens is 1. The van der Waals surface area contributed by atoms with Crippen molar-refractivity contribution in [1.29, 1.82) is 0 Å². The Balaban J connectivity index is 1.64. The van der Waals surface area contributed by atoms with Gasteiger partial charge < -0.3 is 19.9 Å². The van der Waals surface area contributed by atoms with Gasteiger partial charge in [0.25, 0.3) is 5.91 Å². The van der Waals surface area contributed by atoms with Gasteiger partial charge in [-0.3, -0.25) is 9.59 Å². The molecular formula is C23H29ClN4O4S. The van der Waals surface area contributed by atoms with Gasteiger partial charge in [-0.1, -0.05) is 11.6 Å². The molecule has 0 aliphatic carbocycles. The van der Waals surface area contributed by atoms with Crippen LogP contribution in [0, 0.1) is 5.92 Å². The minimum atomic E-state index is -0.297. The molecule has 1 aromatic carbocycles. The fourth-order valence-corrected chi connectivity index (χ4v) is 4.51. The van der Waals surface area contributed by atoms with Crippen molar-refractivity contribution in [2.45, 2.75) is 46.2 Å². The van der Waals surface area contributed by atoms with Gasteiger partial charge in [-0.15, -0.1) is 11.3 Å². The van der Waals surface area contributed by atoms with E-state index in [0.717, 1.165) is 12.8 Å². The van der Waals surface area contributed by atoms with Crippen molar-refractivity contribution in [2.75, 3.05) is 25.0 Å². The fraction of sp³-hybridized carbons (Fsp3) is 0.478. The normalized spacial score (nSPS) is 15.9. The molecule has 1 N–H and O–H groups in total. The molecule has 2 heterocycles. The third-order valence-corrected chi connectivity index (χ3v) is 6.47. The molecule has 0 bridgehead atoms. The molecule has 1 fully saturated rings. The molecule has 0 spiro atoms. The number of ether oxygens (including phenoxy) is 1. The standard InChI is InChI=1S/C23H29ClN4O4S/c1-4-32-22(30)16-6-5-11-27(12-16)21(29)19-14-33-20(26-19)13-28(15(2)3)23(31)25-18-9-7-17(24)8-10-18/h7-10,14-16H,4-6,11-13H2,1-3H3,(H,25,31). The lowest BCUT2D eigenvalue weighted by atomic mass is 9.98. The summed E-state index contributed by atoms with van der Waals surface area (Å²) >= 11 is 7.25. The Morgan fingerprint density at radius 3 is 2.70 bits per heavy atom. The van der Waals surface area contributed by atoms with Crippen molar-refractivity contribution >= 4 is 46.5 Å². The van der Waals surface area contributed by atoms with Gasteiger partial charge in [-0.25, -0.2) is 9.78 Å². The number of likely N-dealkylation sites (tertiary alicyclic amines) is 1. The van der Waals surface area contributed by atoms with Crippen LogP contribution in [0.25, 0.3) is 0 Å². The Hall–Kier alpha value is -2.65. The molecule has 1 atom stereocenters. The summed E-state index contributed by atoms with van der Waals surface area (Å²) in [5, 5.41) is 5.83. The number of amides is 3. The zero-order valence-electron chi connectivity index (χ0n) is 19.0. The van der Waals surface area contributed by atoms with E-state index >= 15 is 0 Å². The van der Waals surface area contributed by atoms with Crippen LogP contribution in [0.5, 0.6) is 0 Å². The molecule has 178 valence electrons. The topological polar surface area (TPSA) is 91.8 Å². The van der Waals surface area contributed by atoms with Gasteiger partial charge in [0.05, 0.1) is 19.1 Å². The summed E-state index contributed by atoms with van der Waals surface area (Å²) < 4.78 is 5.12. The van der Waals surface area contributed by atoms with E-state index in [2.05, 4.69) is 10.3 Å². The van der Waals surface area contributed by atoms with Gasteiger partial charge in [0.2, 0.25) is 0 Å². The predicted molar refractivity (Wildman–Crippen MR) is 129 cm³/mol. The van der Waals surface area contributed by atoms with Crippen LogP contribution in [0.4, 0.5) is 10.5 Å². The van der Waals surface area contributed by atoms with E-state index < -0.39 is 0 Å². The number of esters is 1. The first-order chi connectivity index (χ1) is 15.8. The van der Waals surface area contributed by atoms with Gasteiger partial charge in [0, 0.05) is 35.2 Å². The fourth-order valence-electron chi connectivity index (χ4n) is 3.62. The van der Waals surface area contributed by atoms with Crippen molar-refractivity contribution < 1.29 is 19.1 Å². The maximum Gasteiger partial charge on any atom is 0.322 e. The summed E-state index contributed by atoms with van der Waals surface area (Å²) in [5.74, 6) is -0.754. The lowest BCUT2D eigenvalue weighted by Gasteiger charge is -2.31. The van der Waals surface area contributed by atoms with E-state index in [1.54, 1.807) is 46.4 Å². The summed E-state index contributed by atoms with van der Waals surface area (Å²) in [6.45, 7) is 7.15. The first-order valence-electron chi connectivity index (χ1n) is 11.0. The zero-order valence-corrected chi connectivity index (χ0v) is 20.6. The second-order valence-corrected chi connectivity index (χ2v) is 9.51. The molecule has 2 aromatic rings. The summed E-state index contributed by atoms with van der Waals surface area (Å²) in [7, 11) is 0. The SMILES string of the molecule is CCOC(=O)C1CCCN(C(=O)c2csc(CN(C(=O)Nc3ccc(Cl)cc3)C(C)C)n2)C1. The highest BCUT2D eigenvalue weighted by Gasteiger charge is 2.31. The molecule has 8 nitrogen and oxygen atoms in total. The van der Waals surface area contributed by atoms with Crippen molar-refractivity contribution in [3.05, 3.63) is 45.4 Å². The molecule has 1 aromatic heterocycles. The van der Waals surface area contributed by atoms with Crippen molar-refractivity contribution in [3.63, 3.8) is 0 Å². The number of thiazole rings is 1. The quantitative estimate of drug-likeness (QED) is 0.568. The lowest BCUT2D eigenvalue weighted by molar-refractivity contribution is -0.149. The van der Waals surface area contributed by atoms with E-state index in [9.17, 15) is 14.4 Å². The highest BCUT2D eigenvalue weighted by molar-refractivity contribution is 7.09. The Labute approximate surface area is 202 Å². The highest BCUT2D eigenvalue weighted by Crippen LogP contribution is 2.22. The molecule has 3 rings (SSSR count). The number of carbonyl (C=O) groups is 3. The highest BCUT2D eigenvalue weighted by atomic mass is 35.5. The third-order valence-electron chi connectivity index (χ3n) is 5.38. The number of benzene rings is 1. The van der Waals surface area contributed by atoms with Crippen LogP contribution in [0.1, 0.15) is 49.1 Å². The second kappa shape index (κ2) is 11.5. The van der Waals surface area contributed by atoms with Crippen LogP contribution in [0.2, 0.25) is 5.02 Å². The number of urea groups is 1. The minimum Gasteiger partial charge on any atom is -0.466 e. The van der Waals surface area contributed by atoms with Crippen molar-refractivity contribution in [1.82, 2.24) is 14.8 Å². The van der Waals surface area contributed by atoms with Gasteiger partial charge in [0.1, 0.15) is 10.7 Å². The average molecular weight is 493 g/mol. The van der Waals surface area contributed by atoms with E-state index in [1.165, 1.54) is 11.3 Å². The summed E-state index contributed by atoms with van der Waals surface area (Å²) in [5.41, 5.74) is 0.979. The smallest absolute Gasteiger partial charge is 0.322 e. The van der Waals surface area contributed by atoms with Crippen LogP contribution >= 0.6 is 22.9 Å². The molecule has 3 amide bonds. The lowest BCUT2D eigenvalue weighted by Crippen LogP contribution is -2.43. The summed E-state index contributed by atoms with van der Waals surface area (Å²) in [4.78, 5) is 45.7. The number of rotatable bonds is 7. The third kappa shape index (κ3) is 6.68. The number of anilines is 1. The van der Waals surface area contributed by atoms with Gasteiger partial charge in [0.15, 0.2) is 0 Å². The number of nitrogens with one attached hydrogen (secondary N) is 1. The van der Waals surface area contributed by atoms with Crippen molar-refractivity contribution in [2.24, 2.45) is 5.92 Å². The number of nitrogens with zero attached hydrogens (tertiary/aromatic N) is 3. The largest absolute Gasteiger partial charge is 0.466 e. The predicted octanol–water partition coefficient (Wildman–Crippen LogP) is 4.65. The zero-order chi connectivity index (χ0) is 24.0. The molecule has 0 saturated carbocycles. The van der Waals surface area contributed by atoms with Crippen LogP contribution in [-0.4, -0.2) is 58.4 Å². The van der Waals surface area contributed by atoms with Gasteiger partial charge in [-0.2, -0.15) is 0 Å². The Morgan fingerprint density at radius 2 is 2.03 bits per heavy atom. The van der Waals surface area contributed by atoms with E-state index in [-0.39, 0.29) is 36.4 Å². The maximum absolute atomic E-state index is 13.0. The first kappa shape index (κ1) is 25.0. The van der Waals surface area contributed by atoms with Crippen LogP contribution in [-0.2, 0) is 16.1 Å². The molecular weight excluding hydrogens is 464 g/mol. The monoisotopic (exact) mass is 492 g/mol. The number of hydrogen-bond donors (Lipinski definition) is 1. The molecule has 1 aliphatic heterocycles. The van der Waals surface area contributed by atoms with E-state index in [4.69, 9.17) is 16.3 Å². The van der Waals surface area contributed by atoms with Gasteiger partial charge in [-0.05, 0) is 57.9 Å². The molecule has 0 radical (unpaired) electrons. The molecule has 1 saturated heterocycles.